The third-order valence-corrected chi connectivity index (χ3v) is 4.84. The molecule has 0 spiro atoms. The van der Waals surface area contributed by atoms with E-state index in [9.17, 15) is 0 Å². The number of ether oxygens (including phenoxy) is 1. The van der Waals surface area contributed by atoms with Crippen LogP contribution in [0.25, 0.3) is 0 Å². The van der Waals surface area contributed by atoms with Gasteiger partial charge in [0, 0.05) is 13.2 Å². The molecule has 1 heterocycles. The first kappa shape index (κ1) is 13.1. The lowest BCUT2D eigenvalue weighted by molar-refractivity contribution is -0.0705. The first-order valence-electron chi connectivity index (χ1n) is 6.48. The topological polar surface area (TPSA) is 35.2 Å². The van der Waals surface area contributed by atoms with Gasteiger partial charge in [-0.2, -0.15) is 11.3 Å². The van der Waals surface area contributed by atoms with E-state index in [1.165, 1.54) is 18.4 Å². The van der Waals surface area contributed by atoms with Crippen molar-refractivity contribution in [1.82, 2.24) is 0 Å². The molecule has 3 atom stereocenters. The summed E-state index contributed by atoms with van der Waals surface area (Å²) >= 11 is 1.74. The number of hydrogen-bond acceptors (Lipinski definition) is 3. The van der Waals surface area contributed by atoms with Gasteiger partial charge in [0.1, 0.15) is 0 Å². The van der Waals surface area contributed by atoms with E-state index in [0.29, 0.717) is 0 Å². The van der Waals surface area contributed by atoms with E-state index >= 15 is 0 Å². The van der Waals surface area contributed by atoms with Crippen molar-refractivity contribution in [3.05, 3.63) is 22.4 Å². The Balaban J connectivity index is 2.06. The Morgan fingerprint density at radius 2 is 2.47 bits per heavy atom. The van der Waals surface area contributed by atoms with Gasteiger partial charge in [0.05, 0.1) is 5.60 Å². The Hall–Kier alpha value is -0.380. The SMILES string of the molecule is COC1(C(N)Cc2ccsc2)CCCC(C)C1. The van der Waals surface area contributed by atoms with E-state index in [0.717, 1.165) is 25.2 Å². The minimum Gasteiger partial charge on any atom is -0.377 e. The highest BCUT2D eigenvalue weighted by molar-refractivity contribution is 7.07. The van der Waals surface area contributed by atoms with Crippen LogP contribution in [0.2, 0.25) is 0 Å². The Morgan fingerprint density at radius 3 is 3.06 bits per heavy atom. The van der Waals surface area contributed by atoms with Crippen LogP contribution < -0.4 is 5.73 Å². The second kappa shape index (κ2) is 5.51. The molecule has 1 aromatic rings. The van der Waals surface area contributed by atoms with Crippen LogP contribution >= 0.6 is 11.3 Å². The molecule has 0 radical (unpaired) electrons. The summed E-state index contributed by atoms with van der Waals surface area (Å²) in [6, 6.07) is 2.28. The monoisotopic (exact) mass is 253 g/mol. The number of nitrogens with two attached hydrogens (primary N) is 1. The summed E-state index contributed by atoms with van der Waals surface area (Å²) in [7, 11) is 1.82. The fourth-order valence-corrected chi connectivity index (χ4v) is 3.75. The minimum atomic E-state index is -0.0976. The van der Waals surface area contributed by atoms with E-state index in [1.54, 1.807) is 11.3 Å². The maximum Gasteiger partial charge on any atom is 0.0834 e. The number of thiophene rings is 1. The molecule has 1 aromatic heterocycles. The second-order valence-corrected chi connectivity index (χ2v) is 6.19. The summed E-state index contributed by atoms with van der Waals surface area (Å²) in [6.07, 6.45) is 5.71. The molecule has 2 N–H and O–H groups in total. The van der Waals surface area contributed by atoms with Crippen LogP contribution in [0, 0.1) is 5.92 Å². The van der Waals surface area contributed by atoms with Gasteiger partial charge >= 0.3 is 0 Å². The smallest absolute Gasteiger partial charge is 0.0834 e. The van der Waals surface area contributed by atoms with Gasteiger partial charge in [0.15, 0.2) is 0 Å². The summed E-state index contributed by atoms with van der Waals surface area (Å²) in [6.45, 7) is 2.31. The Labute approximate surface area is 108 Å². The molecule has 96 valence electrons. The van der Waals surface area contributed by atoms with E-state index < -0.39 is 0 Å². The molecule has 0 amide bonds. The highest BCUT2D eigenvalue weighted by Crippen LogP contribution is 2.37. The number of methoxy groups -OCH3 is 1. The van der Waals surface area contributed by atoms with Crippen molar-refractivity contribution in [2.45, 2.75) is 50.7 Å². The van der Waals surface area contributed by atoms with Crippen LogP contribution in [0.1, 0.15) is 38.2 Å². The zero-order chi connectivity index (χ0) is 12.3. The number of hydrogen-bond donors (Lipinski definition) is 1. The molecule has 0 aliphatic heterocycles. The van der Waals surface area contributed by atoms with E-state index in [-0.39, 0.29) is 11.6 Å². The second-order valence-electron chi connectivity index (χ2n) is 5.41. The van der Waals surface area contributed by atoms with Crippen LogP contribution in [0.3, 0.4) is 0 Å². The standard InChI is InChI=1S/C14H23NOS/c1-11-4-3-6-14(9-11,16-2)13(15)8-12-5-7-17-10-12/h5,7,10-11,13H,3-4,6,8-9,15H2,1-2H3. The molecule has 2 rings (SSSR count). The van der Waals surface area contributed by atoms with Crippen LogP contribution in [0.4, 0.5) is 0 Å². The lowest BCUT2D eigenvalue weighted by Gasteiger charge is -2.43. The van der Waals surface area contributed by atoms with Crippen LogP contribution in [0.5, 0.6) is 0 Å². The fraction of sp³-hybridized carbons (Fsp3) is 0.714. The fourth-order valence-electron chi connectivity index (χ4n) is 3.07. The maximum atomic E-state index is 6.43. The van der Waals surface area contributed by atoms with E-state index in [1.807, 2.05) is 7.11 Å². The minimum absolute atomic E-state index is 0.0976. The zero-order valence-corrected chi connectivity index (χ0v) is 11.6. The lowest BCUT2D eigenvalue weighted by Crippen LogP contribution is -2.53. The molecule has 2 nitrogen and oxygen atoms in total. The first-order valence-corrected chi connectivity index (χ1v) is 7.42. The van der Waals surface area contributed by atoms with Crippen LogP contribution in [-0.4, -0.2) is 18.8 Å². The van der Waals surface area contributed by atoms with Gasteiger partial charge in [-0.1, -0.05) is 19.8 Å². The van der Waals surface area contributed by atoms with Gasteiger partial charge in [0.25, 0.3) is 0 Å². The number of rotatable bonds is 4. The van der Waals surface area contributed by atoms with Gasteiger partial charge < -0.3 is 10.5 Å². The summed E-state index contributed by atoms with van der Waals surface area (Å²) in [5.74, 6) is 0.734. The highest BCUT2D eigenvalue weighted by Gasteiger charge is 2.40. The molecule has 0 bridgehead atoms. The van der Waals surface area contributed by atoms with Crippen molar-refractivity contribution in [2.24, 2.45) is 11.7 Å². The normalized spacial score (nSPS) is 31.4. The first-order chi connectivity index (χ1) is 8.16. The van der Waals surface area contributed by atoms with Crippen molar-refractivity contribution >= 4 is 11.3 Å². The average Bonchev–Trinajstić information content (AvgIpc) is 2.81. The molecule has 1 fully saturated rings. The molecule has 1 aliphatic carbocycles. The summed E-state index contributed by atoms with van der Waals surface area (Å²) < 4.78 is 5.84. The lowest BCUT2D eigenvalue weighted by atomic mass is 9.73. The maximum absolute atomic E-state index is 6.43. The molecular weight excluding hydrogens is 230 g/mol. The Kier molecular flexibility index (Phi) is 4.23. The average molecular weight is 253 g/mol. The van der Waals surface area contributed by atoms with Crippen LogP contribution in [0.15, 0.2) is 16.8 Å². The third-order valence-electron chi connectivity index (χ3n) is 4.11. The van der Waals surface area contributed by atoms with Gasteiger partial charge in [-0.25, -0.2) is 0 Å². The predicted octanol–water partition coefficient (Wildman–Crippen LogP) is 3.21. The summed E-state index contributed by atoms with van der Waals surface area (Å²) in [5.41, 5.74) is 7.67. The largest absolute Gasteiger partial charge is 0.377 e. The van der Waals surface area contributed by atoms with Gasteiger partial charge in [-0.15, -0.1) is 0 Å². The van der Waals surface area contributed by atoms with Gasteiger partial charge in [-0.05, 0) is 47.6 Å². The van der Waals surface area contributed by atoms with Crippen molar-refractivity contribution in [1.29, 1.82) is 0 Å². The van der Waals surface area contributed by atoms with Crippen molar-refractivity contribution in [2.75, 3.05) is 7.11 Å². The van der Waals surface area contributed by atoms with Crippen molar-refractivity contribution in [3.8, 4) is 0 Å². The highest BCUT2D eigenvalue weighted by atomic mass is 32.1. The molecule has 17 heavy (non-hydrogen) atoms. The van der Waals surface area contributed by atoms with Gasteiger partial charge in [-0.3, -0.25) is 0 Å². The van der Waals surface area contributed by atoms with E-state index in [2.05, 4.69) is 23.8 Å². The van der Waals surface area contributed by atoms with Crippen LogP contribution in [-0.2, 0) is 11.2 Å². The quantitative estimate of drug-likeness (QED) is 0.894. The molecule has 1 aliphatic rings. The van der Waals surface area contributed by atoms with Gasteiger partial charge in [0.2, 0.25) is 0 Å². The predicted molar refractivity (Wildman–Crippen MR) is 73.4 cm³/mol. The molecule has 3 unspecified atom stereocenters. The Bertz CT molecular complexity index is 338. The third kappa shape index (κ3) is 2.90. The molecule has 0 saturated heterocycles. The van der Waals surface area contributed by atoms with Crippen molar-refractivity contribution < 1.29 is 4.74 Å². The van der Waals surface area contributed by atoms with Crippen molar-refractivity contribution in [3.63, 3.8) is 0 Å². The van der Waals surface area contributed by atoms with E-state index in [4.69, 9.17) is 10.5 Å². The summed E-state index contributed by atoms with van der Waals surface area (Å²) in [5, 5.41) is 4.31. The molecular formula is C14H23NOS. The molecule has 0 aromatic carbocycles. The molecule has 3 heteroatoms. The molecule has 1 saturated carbocycles. The Morgan fingerprint density at radius 1 is 1.65 bits per heavy atom. The summed E-state index contributed by atoms with van der Waals surface area (Å²) in [4.78, 5) is 0. The zero-order valence-electron chi connectivity index (χ0n) is 10.8.